The van der Waals surface area contributed by atoms with Crippen molar-refractivity contribution < 1.29 is 4.74 Å². The molecule has 0 saturated carbocycles. The van der Waals surface area contributed by atoms with Gasteiger partial charge in [-0.2, -0.15) is 0 Å². The van der Waals surface area contributed by atoms with Crippen molar-refractivity contribution in [2.75, 3.05) is 26.3 Å². The molecule has 2 heterocycles. The summed E-state index contributed by atoms with van der Waals surface area (Å²) in [5, 5.41) is 3.61. The molecular formula is C13H26N2O. The van der Waals surface area contributed by atoms with E-state index in [1.54, 1.807) is 0 Å². The van der Waals surface area contributed by atoms with Gasteiger partial charge in [-0.15, -0.1) is 0 Å². The van der Waals surface area contributed by atoms with Gasteiger partial charge in [0, 0.05) is 37.8 Å². The van der Waals surface area contributed by atoms with E-state index in [4.69, 9.17) is 4.74 Å². The van der Waals surface area contributed by atoms with Crippen LogP contribution in [0.4, 0.5) is 0 Å². The van der Waals surface area contributed by atoms with E-state index in [-0.39, 0.29) is 0 Å². The third kappa shape index (κ3) is 2.58. The van der Waals surface area contributed by atoms with Crippen LogP contribution in [0.15, 0.2) is 0 Å². The quantitative estimate of drug-likeness (QED) is 0.733. The van der Waals surface area contributed by atoms with E-state index >= 15 is 0 Å². The number of nitrogens with zero attached hydrogens (tertiary/aromatic N) is 1. The Kier molecular flexibility index (Phi) is 3.57. The van der Waals surface area contributed by atoms with Gasteiger partial charge >= 0.3 is 0 Å². The summed E-state index contributed by atoms with van der Waals surface area (Å²) in [4.78, 5) is 2.69. The molecule has 3 atom stereocenters. The molecule has 0 amide bonds. The van der Waals surface area contributed by atoms with Gasteiger partial charge in [0.05, 0.1) is 6.61 Å². The fraction of sp³-hybridized carbons (Fsp3) is 1.00. The second kappa shape index (κ2) is 4.63. The van der Waals surface area contributed by atoms with Crippen molar-refractivity contribution >= 4 is 0 Å². The lowest BCUT2D eigenvalue weighted by Gasteiger charge is -2.48. The molecule has 3 unspecified atom stereocenters. The first kappa shape index (κ1) is 12.3. The Bertz CT molecular complexity index is 231. The maximum atomic E-state index is 5.54. The van der Waals surface area contributed by atoms with Gasteiger partial charge in [-0.3, -0.25) is 4.90 Å². The zero-order valence-electron chi connectivity index (χ0n) is 11.1. The Morgan fingerprint density at radius 3 is 2.62 bits per heavy atom. The summed E-state index contributed by atoms with van der Waals surface area (Å²) in [5.41, 5.74) is 0.343. The molecule has 2 rings (SSSR count). The summed E-state index contributed by atoms with van der Waals surface area (Å²) in [6.45, 7) is 13.5. The van der Waals surface area contributed by atoms with Crippen LogP contribution in [0.2, 0.25) is 0 Å². The van der Waals surface area contributed by atoms with Crippen LogP contribution in [0.5, 0.6) is 0 Å². The topological polar surface area (TPSA) is 24.5 Å². The summed E-state index contributed by atoms with van der Waals surface area (Å²) in [6.07, 6.45) is 1.21. The lowest BCUT2D eigenvalue weighted by Crippen LogP contribution is -2.62. The second-order valence-electron chi connectivity index (χ2n) is 6.41. The molecule has 0 bridgehead atoms. The van der Waals surface area contributed by atoms with E-state index in [0.29, 0.717) is 23.5 Å². The molecule has 0 aromatic rings. The number of nitrogens with one attached hydrogen (secondary N) is 1. The van der Waals surface area contributed by atoms with E-state index in [0.717, 1.165) is 26.3 Å². The van der Waals surface area contributed by atoms with Crippen LogP contribution in [0.1, 0.15) is 34.1 Å². The van der Waals surface area contributed by atoms with Gasteiger partial charge in [-0.05, 0) is 18.8 Å². The van der Waals surface area contributed by atoms with Crippen molar-refractivity contribution in [2.24, 2.45) is 5.41 Å². The molecule has 0 spiro atoms. The lowest BCUT2D eigenvalue weighted by molar-refractivity contribution is 0.0190. The van der Waals surface area contributed by atoms with E-state index in [9.17, 15) is 0 Å². The largest absolute Gasteiger partial charge is 0.380 e. The Balaban J connectivity index is 2.08. The standard InChI is InChI=1S/C13H26N2O/c1-10-8-15(11-5-6-16-9-11)12(7-14-10)13(2,3)4/h10-12,14H,5-9H2,1-4H3. The Morgan fingerprint density at radius 2 is 2.06 bits per heavy atom. The predicted molar refractivity (Wildman–Crippen MR) is 66.6 cm³/mol. The lowest BCUT2D eigenvalue weighted by atomic mass is 9.83. The average Bonchev–Trinajstić information content (AvgIpc) is 2.68. The summed E-state index contributed by atoms with van der Waals surface area (Å²) < 4.78 is 5.54. The van der Waals surface area contributed by atoms with Crippen molar-refractivity contribution in [3.8, 4) is 0 Å². The number of rotatable bonds is 1. The maximum absolute atomic E-state index is 5.54. The molecule has 3 nitrogen and oxygen atoms in total. The summed E-state index contributed by atoms with van der Waals surface area (Å²) in [7, 11) is 0. The first-order valence-corrected chi connectivity index (χ1v) is 6.55. The van der Waals surface area contributed by atoms with Crippen molar-refractivity contribution in [1.82, 2.24) is 10.2 Å². The van der Waals surface area contributed by atoms with Gasteiger partial charge in [0.2, 0.25) is 0 Å². The summed E-state index contributed by atoms with van der Waals surface area (Å²) >= 11 is 0. The Morgan fingerprint density at radius 1 is 1.31 bits per heavy atom. The molecule has 94 valence electrons. The molecule has 1 N–H and O–H groups in total. The van der Waals surface area contributed by atoms with Gasteiger partial charge < -0.3 is 10.1 Å². The van der Waals surface area contributed by atoms with E-state index in [1.165, 1.54) is 6.42 Å². The normalized spacial score (nSPS) is 37.9. The van der Waals surface area contributed by atoms with Crippen LogP contribution < -0.4 is 5.32 Å². The van der Waals surface area contributed by atoms with Crippen LogP contribution in [0.3, 0.4) is 0 Å². The SMILES string of the molecule is CC1CN(C2CCOC2)C(C(C)(C)C)CN1. The van der Waals surface area contributed by atoms with Crippen LogP contribution >= 0.6 is 0 Å². The number of ether oxygens (including phenoxy) is 1. The highest BCUT2D eigenvalue weighted by molar-refractivity contribution is 4.95. The van der Waals surface area contributed by atoms with Gasteiger partial charge in [0.25, 0.3) is 0 Å². The first-order valence-electron chi connectivity index (χ1n) is 6.55. The zero-order chi connectivity index (χ0) is 11.8. The highest BCUT2D eigenvalue weighted by Gasteiger charge is 2.38. The van der Waals surface area contributed by atoms with Crippen LogP contribution in [0, 0.1) is 5.41 Å². The minimum atomic E-state index is 0.343. The molecule has 2 saturated heterocycles. The molecular weight excluding hydrogens is 200 g/mol. The van der Waals surface area contributed by atoms with Crippen molar-refractivity contribution in [2.45, 2.75) is 52.2 Å². The number of piperazine rings is 1. The molecule has 2 aliphatic heterocycles. The Hall–Kier alpha value is -0.120. The highest BCUT2D eigenvalue weighted by Crippen LogP contribution is 2.29. The monoisotopic (exact) mass is 226 g/mol. The van der Waals surface area contributed by atoms with E-state index < -0.39 is 0 Å². The smallest absolute Gasteiger partial charge is 0.0622 e. The van der Waals surface area contributed by atoms with Gasteiger partial charge in [-0.25, -0.2) is 0 Å². The van der Waals surface area contributed by atoms with Crippen LogP contribution in [-0.2, 0) is 4.74 Å². The Labute approximate surface area is 99.5 Å². The predicted octanol–water partition coefficient (Wildman–Crippen LogP) is 1.48. The van der Waals surface area contributed by atoms with Crippen LogP contribution in [0.25, 0.3) is 0 Å². The molecule has 2 fully saturated rings. The molecule has 0 aliphatic carbocycles. The van der Waals surface area contributed by atoms with Gasteiger partial charge in [-0.1, -0.05) is 20.8 Å². The molecule has 0 radical (unpaired) electrons. The molecule has 16 heavy (non-hydrogen) atoms. The van der Waals surface area contributed by atoms with Crippen LogP contribution in [-0.4, -0.2) is 49.3 Å². The van der Waals surface area contributed by atoms with E-state index in [2.05, 4.69) is 37.9 Å². The van der Waals surface area contributed by atoms with Crippen molar-refractivity contribution in [1.29, 1.82) is 0 Å². The zero-order valence-corrected chi connectivity index (χ0v) is 11.1. The van der Waals surface area contributed by atoms with Gasteiger partial charge in [0.1, 0.15) is 0 Å². The third-order valence-electron chi connectivity index (χ3n) is 3.92. The molecule has 2 aliphatic rings. The second-order valence-corrected chi connectivity index (χ2v) is 6.41. The fourth-order valence-electron chi connectivity index (χ4n) is 2.93. The van der Waals surface area contributed by atoms with E-state index in [1.807, 2.05) is 0 Å². The molecule has 0 aromatic heterocycles. The number of hydrogen-bond acceptors (Lipinski definition) is 3. The number of hydrogen-bond donors (Lipinski definition) is 1. The van der Waals surface area contributed by atoms with Crippen molar-refractivity contribution in [3.63, 3.8) is 0 Å². The molecule has 0 aromatic carbocycles. The fourth-order valence-corrected chi connectivity index (χ4v) is 2.93. The summed E-state index contributed by atoms with van der Waals surface area (Å²) in [5.74, 6) is 0. The van der Waals surface area contributed by atoms with Crippen molar-refractivity contribution in [3.05, 3.63) is 0 Å². The maximum Gasteiger partial charge on any atom is 0.0622 e. The first-order chi connectivity index (χ1) is 7.48. The minimum absolute atomic E-state index is 0.343. The van der Waals surface area contributed by atoms with Gasteiger partial charge in [0.15, 0.2) is 0 Å². The third-order valence-corrected chi connectivity index (χ3v) is 3.92. The summed E-state index contributed by atoms with van der Waals surface area (Å²) in [6, 6.07) is 1.89. The highest BCUT2D eigenvalue weighted by atomic mass is 16.5. The average molecular weight is 226 g/mol. The molecule has 3 heteroatoms. The minimum Gasteiger partial charge on any atom is -0.380 e.